The molecule has 2 heteroatoms. The molecule has 17 heavy (non-hydrogen) atoms. The Morgan fingerprint density at radius 1 is 1.24 bits per heavy atom. The Kier molecular flexibility index (Phi) is 3.55. The Morgan fingerprint density at radius 3 is 2.47 bits per heavy atom. The standard InChI is InChI=1S/C15H23NO/c1-11-7-12(2)9-13(8-11)15(3)10-14(16-4)5-6-17-15/h7-9,14,16H,5-6,10H2,1-4H3. The third-order valence-corrected chi connectivity index (χ3v) is 3.76. The molecule has 2 rings (SSSR count). The summed E-state index contributed by atoms with van der Waals surface area (Å²) < 4.78 is 6.05. The fourth-order valence-electron chi connectivity index (χ4n) is 2.79. The molecule has 0 spiro atoms. The number of hydrogen-bond acceptors (Lipinski definition) is 2. The van der Waals surface area contributed by atoms with Gasteiger partial charge in [0.1, 0.15) is 0 Å². The zero-order chi connectivity index (χ0) is 12.5. The van der Waals surface area contributed by atoms with Crippen LogP contribution < -0.4 is 5.32 Å². The van der Waals surface area contributed by atoms with E-state index in [-0.39, 0.29) is 5.60 Å². The van der Waals surface area contributed by atoms with Gasteiger partial charge in [-0.3, -0.25) is 0 Å². The van der Waals surface area contributed by atoms with Crippen molar-refractivity contribution in [3.63, 3.8) is 0 Å². The monoisotopic (exact) mass is 233 g/mol. The summed E-state index contributed by atoms with van der Waals surface area (Å²) in [4.78, 5) is 0. The largest absolute Gasteiger partial charge is 0.370 e. The first-order chi connectivity index (χ1) is 8.03. The first-order valence-corrected chi connectivity index (χ1v) is 6.43. The van der Waals surface area contributed by atoms with E-state index in [1.54, 1.807) is 0 Å². The van der Waals surface area contributed by atoms with E-state index in [9.17, 15) is 0 Å². The van der Waals surface area contributed by atoms with Crippen molar-refractivity contribution in [3.8, 4) is 0 Å². The second-order valence-electron chi connectivity index (χ2n) is 5.43. The number of nitrogens with one attached hydrogen (secondary N) is 1. The van der Waals surface area contributed by atoms with E-state index in [1.807, 2.05) is 7.05 Å². The Balaban J connectivity index is 2.30. The molecule has 2 nitrogen and oxygen atoms in total. The predicted octanol–water partition coefficient (Wildman–Crippen LogP) is 2.92. The van der Waals surface area contributed by atoms with Crippen LogP contribution in [0.15, 0.2) is 18.2 Å². The van der Waals surface area contributed by atoms with Gasteiger partial charge in [0, 0.05) is 12.6 Å². The quantitative estimate of drug-likeness (QED) is 0.848. The van der Waals surface area contributed by atoms with Gasteiger partial charge in [0.25, 0.3) is 0 Å². The van der Waals surface area contributed by atoms with Crippen LogP contribution in [0.5, 0.6) is 0 Å². The average molecular weight is 233 g/mol. The molecule has 1 fully saturated rings. The van der Waals surface area contributed by atoms with E-state index in [0.29, 0.717) is 6.04 Å². The molecule has 0 amide bonds. The van der Waals surface area contributed by atoms with Crippen molar-refractivity contribution in [2.24, 2.45) is 0 Å². The van der Waals surface area contributed by atoms with Gasteiger partial charge in [-0.05, 0) is 46.2 Å². The highest BCUT2D eigenvalue weighted by molar-refractivity contribution is 5.32. The summed E-state index contributed by atoms with van der Waals surface area (Å²) >= 11 is 0. The van der Waals surface area contributed by atoms with Crippen LogP contribution in [-0.2, 0) is 10.3 Å². The zero-order valence-electron chi connectivity index (χ0n) is 11.3. The normalized spacial score (nSPS) is 29.3. The average Bonchev–Trinajstić information content (AvgIpc) is 2.28. The smallest absolute Gasteiger partial charge is 0.0918 e. The van der Waals surface area contributed by atoms with E-state index < -0.39 is 0 Å². The first-order valence-electron chi connectivity index (χ1n) is 6.43. The van der Waals surface area contributed by atoms with Crippen LogP contribution in [0, 0.1) is 13.8 Å². The molecule has 0 aromatic heterocycles. The fourth-order valence-corrected chi connectivity index (χ4v) is 2.79. The van der Waals surface area contributed by atoms with Crippen LogP contribution in [0.25, 0.3) is 0 Å². The highest BCUT2D eigenvalue weighted by Gasteiger charge is 2.34. The summed E-state index contributed by atoms with van der Waals surface area (Å²) in [5.41, 5.74) is 3.81. The molecule has 1 aromatic carbocycles. The lowest BCUT2D eigenvalue weighted by molar-refractivity contribution is -0.0804. The molecule has 1 aliphatic rings. The van der Waals surface area contributed by atoms with Crippen molar-refractivity contribution in [3.05, 3.63) is 34.9 Å². The van der Waals surface area contributed by atoms with Crippen LogP contribution in [0.3, 0.4) is 0 Å². The summed E-state index contributed by atoms with van der Waals surface area (Å²) in [5.74, 6) is 0. The van der Waals surface area contributed by atoms with E-state index in [2.05, 4.69) is 44.3 Å². The van der Waals surface area contributed by atoms with Crippen molar-refractivity contribution in [2.45, 2.75) is 45.3 Å². The lowest BCUT2D eigenvalue weighted by atomic mass is 9.84. The highest BCUT2D eigenvalue weighted by Crippen LogP contribution is 2.35. The third-order valence-electron chi connectivity index (χ3n) is 3.76. The van der Waals surface area contributed by atoms with Gasteiger partial charge in [-0.15, -0.1) is 0 Å². The lowest BCUT2D eigenvalue weighted by Crippen LogP contribution is -2.42. The van der Waals surface area contributed by atoms with Gasteiger partial charge < -0.3 is 10.1 Å². The molecule has 0 saturated carbocycles. The minimum Gasteiger partial charge on any atom is -0.370 e. The molecule has 2 atom stereocenters. The number of ether oxygens (including phenoxy) is 1. The van der Waals surface area contributed by atoms with Crippen molar-refractivity contribution in [1.29, 1.82) is 0 Å². The van der Waals surface area contributed by atoms with Crippen molar-refractivity contribution >= 4 is 0 Å². The van der Waals surface area contributed by atoms with Gasteiger partial charge in [-0.2, -0.15) is 0 Å². The molecule has 0 bridgehead atoms. The number of hydrogen-bond donors (Lipinski definition) is 1. The van der Waals surface area contributed by atoms with E-state index >= 15 is 0 Å². The van der Waals surface area contributed by atoms with Crippen molar-refractivity contribution < 1.29 is 4.74 Å². The topological polar surface area (TPSA) is 21.3 Å². The third kappa shape index (κ3) is 2.70. The molecule has 2 unspecified atom stereocenters. The van der Waals surface area contributed by atoms with Gasteiger partial charge in [0.05, 0.1) is 5.60 Å². The summed E-state index contributed by atoms with van der Waals surface area (Å²) in [5, 5.41) is 3.38. The van der Waals surface area contributed by atoms with Gasteiger partial charge in [0.15, 0.2) is 0 Å². The Morgan fingerprint density at radius 2 is 1.88 bits per heavy atom. The van der Waals surface area contributed by atoms with Crippen molar-refractivity contribution in [1.82, 2.24) is 5.32 Å². The molecular formula is C15H23NO. The molecule has 1 aromatic rings. The minimum absolute atomic E-state index is 0.136. The maximum atomic E-state index is 6.05. The van der Waals surface area contributed by atoms with Gasteiger partial charge >= 0.3 is 0 Å². The van der Waals surface area contributed by atoms with Crippen LogP contribution in [0.4, 0.5) is 0 Å². The maximum Gasteiger partial charge on any atom is 0.0918 e. The lowest BCUT2D eigenvalue weighted by Gasteiger charge is -2.39. The second kappa shape index (κ2) is 4.79. The highest BCUT2D eigenvalue weighted by atomic mass is 16.5. The Hall–Kier alpha value is -0.860. The minimum atomic E-state index is -0.136. The maximum absolute atomic E-state index is 6.05. The van der Waals surface area contributed by atoms with Crippen LogP contribution in [0.1, 0.15) is 36.5 Å². The van der Waals surface area contributed by atoms with Crippen molar-refractivity contribution in [2.75, 3.05) is 13.7 Å². The van der Waals surface area contributed by atoms with Gasteiger partial charge in [-0.25, -0.2) is 0 Å². The first kappa shape index (κ1) is 12.6. The van der Waals surface area contributed by atoms with E-state index in [4.69, 9.17) is 4.74 Å². The SMILES string of the molecule is CNC1CCOC(C)(c2cc(C)cc(C)c2)C1. The summed E-state index contributed by atoms with van der Waals surface area (Å²) in [7, 11) is 2.04. The molecule has 1 saturated heterocycles. The van der Waals surface area contributed by atoms with Crippen LogP contribution in [-0.4, -0.2) is 19.7 Å². The number of rotatable bonds is 2. The molecule has 1 heterocycles. The summed E-state index contributed by atoms with van der Waals surface area (Å²) in [6.45, 7) is 7.36. The zero-order valence-corrected chi connectivity index (χ0v) is 11.3. The summed E-state index contributed by atoms with van der Waals surface area (Å²) in [6.07, 6.45) is 2.16. The molecular weight excluding hydrogens is 210 g/mol. The molecule has 0 radical (unpaired) electrons. The van der Waals surface area contributed by atoms with E-state index in [0.717, 1.165) is 19.4 Å². The molecule has 1 N–H and O–H groups in total. The van der Waals surface area contributed by atoms with Gasteiger partial charge in [-0.1, -0.05) is 29.3 Å². The van der Waals surface area contributed by atoms with Crippen LogP contribution >= 0.6 is 0 Å². The molecule has 0 aliphatic carbocycles. The number of aryl methyl sites for hydroxylation is 2. The molecule has 94 valence electrons. The Labute approximate surface area is 104 Å². The second-order valence-corrected chi connectivity index (χ2v) is 5.43. The Bertz CT molecular complexity index is 382. The molecule has 1 aliphatic heterocycles. The fraction of sp³-hybridized carbons (Fsp3) is 0.600. The van der Waals surface area contributed by atoms with Crippen LogP contribution in [0.2, 0.25) is 0 Å². The summed E-state index contributed by atoms with van der Waals surface area (Å²) in [6, 6.07) is 7.29. The predicted molar refractivity (Wildman–Crippen MR) is 71.3 cm³/mol. The number of benzene rings is 1. The van der Waals surface area contributed by atoms with E-state index in [1.165, 1.54) is 16.7 Å². The van der Waals surface area contributed by atoms with Gasteiger partial charge in [0.2, 0.25) is 0 Å².